The molecule has 1 aromatic carbocycles. The van der Waals surface area contributed by atoms with Gasteiger partial charge in [0.15, 0.2) is 18.2 Å². The zero-order chi connectivity index (χ0) is 49.7. The predicted molar refractivity (Wildman–Crippen MR) is 257 cm³/mol. The first-order chi connectivity index (χ1) is 32.5. The summed E-state index contributed by atoms with van der Waals surface area (Å²) in [4.78, 5) is 27.3. The summed E-state index contributed by atoms with van der Waals surface area (Å²) in [7, 11) is -10.7. The Hall–Kier alpha value is -0.520. The van der Waals surface area contributed by atoms with Crippen molar-refractivity contribution >= 4 is 32.7 Å². The van der Waals surface area contributed by atoms with Crippen LogP contribution in [0.1, 0.15) is 205 Å². The van der Waals surface area contributed by atoms with E-state index in [0.29, 0.717) is 12.8 Å². The molecule has 1 amide bonds. The maximum Gasteiger partial charge on any atom is 1.00 e. The zero-order valence-corrected chi connectivity index (χ0v) is 49.0. The maximum absolute atomic E-state index is 13.7. The van der Waals surface area contributed by atoms with Gasteiger partial charge in [0.1, 0.15) is 24.4 Å². The fourth-order valence-corrected chi connectivity index (χ4v) is 9.45. The quantitative estimate of drug-likeness (QED) is 0.0246. The standard InChI is InChI=1S/C50H85NO15S2.2Na/c1-5-7-9-11-13-15-17-19-21-23-25-27-32-36-42(62-48(53)40-34-30-29-31-35-40)41(51-44(52)37-33-28-26-24-22-20-18-16-14-12-10-8-6-2)38-60-49-47(66-68(57,58)59)46-45(64-50(3,4)65-46)43(63-49)39-61-67(54,55)56;;/h29-32,34-36,41-43,45-47,49H,5-28,33,37-39H2,1-4H3,(H,51,52)(H,54,55,56)(H,57,58,59);;/q;2*+1/p-2/b36-32+;;/t41-,42+,43+,45-,46-,47+,49-;;/m0../s1. The molecular formula is C50H83NNa2O15S2. The van der Waals surface area contributed by atoms with Gasteiger partial charge in [-0.15, -0.1) is 0 Å². The maximum atomic E-state index is 13.7. The molecule has 0 bridgehead atoms. The van der Waals surface area contributed by atoms with Crippen molar-refractivity contribution in [1.82, 2.24) is 5.32 Å². The topological polar surface area (TPSA) is 225 Å². The van der Waals surface area contributed by atoms with E-state index >= 15 is 0 Å². The third-order valence-electron chi connectivity index (χ3n) is 12.3. The molecule has 0 saturated carbocycles. The summed E-state index contributed by atoms with van der Waals surface area (Å²) in [5.74, 6) is -2.42. The summed E-state index contributed by atoms with van der Waals surface area (Å²) < 4.78 is 110. The first kappa shape index (κ1) is 67.5. The first-order valence-corrected chi connectivity index (χ1v) is 28.3. The predicted octanol–water partition coefficient (Wildman–Crippen LogP) is 4.03. The van der Waals surface area contributed by atoms with Crippen LogP contribution >= 0.6 is 0 Å². The summed E-state index contributed by atoms with van der Waals surface area (Å²) in [6.07, 6.45) is 23.5. The number of amides is 1. The molecule has 70 heavy (non-hydrogen) atoms. The molecule has 2 aliphatic heterocycles. The summed E-state index contributed by atoms with van der Waals surface area (Å²) in [6.45, 7) is 6.06. The second kappa shape index (κ2) is 38.1. The Morgan fingerprint density at radius 3 is 1.69 bits per heavy atom. The van der Waals surface area contributed by atoms with Crippen LogP contribution in [-0.4, -0.2) is 99.7 Å². The van der Waals surface area contributed by atoms with Crippen LogP contribution in [0.15, 0.2) is 42.5 Å². The van der Waals surface area contributed by atoms with Crippen molar-refractivity contribution in [2.24, 2.45) is 0 Å². The number of hydrogen-bond donors (Lipinski definition) is 1. The molecule has 2 aliphatic rings. The Morgan fingerprint density at radius 2 is 1.19 bits per heavy atom. The Balaban J connectivity index is 0.0000122. The van der Waals surface area contributed by atoms with Gasteiger partial charge in [-0.1, -0.05) is 179 Å². The number of esters is 1. The average molecular weight is 1050 g/mol. The number of carbonyl (C=O) groups is 2. The smallest absolute Gasteiger partial charge is 0.726 e. The molecule has 1 N–H and O–H groups in total. The normalized spacial score (nSPS) is 20.8. The summed E-state index contributed by atoms with van der Waals surface area (Å²) in [5.41, 5.74) is 0.266. The van der Waals surface area contributed by atoms with Crippen molar-refractivity contribution in [2.75, 3.05) is 13.2 Å². The molecule has 16 nitrogen and oxygen atoms in total. The van der Waals surface area contributed by atoms with Crippen LogP contribution in [0.3, 0.4) is 0 Å². The van der Waals surface area contributed by atoms with Crippen molar-refractivity contribution in [3.8, 4) is 0 Å². The van der Waals surface area contributed by atoms with Crippen molar-refractivity contribution in [3.63, 3.8) is 0 Å². The molecule has 392 valence electrons. The summed E-state index contributed by atoms with van der Waals surface area (Å²) >= 11 is 0. The fourth-order valence-electron chi connectivity index (χ4n) is 8.67. The van der Waals surface area contributed by atoms with Gasteiger partial charge in [0.2, 0.25) is 26.7 Å². The van der Waals surface area contributed by atoms with Gasteiger partial charge in [-0.2, -0.15) is 0 Å². The van der Waals surface area contributed by atoms with Gasteiger partial charge in [-0.05, 0) is 51.3 Å². The molecule has 20 heteroatoms. The SMILES string of the molecule is CCCCCCCCCCCCC/C=C/[C@@H](OC(=O)c1ccccc1)[C@H](CO[C@H]1O[C@H](COS(=O)(=O)[O-])[C@@H]2OC(C)(C)O[C@@H]2[C@H]1OS(=O)(=O)[O-])NC(=O)CCCCCCCCCCCCCCC.[Na+].[Na+]. The monoisotopic (exact) mass is 1050 g/mol. The van der Waals surface area contributed by atoms with Crippen LogP contribution < -0.4 is 64.4 Å². The number of fused-ring (bicyclic) bond motifs is 1. The van der Waals surface area contributed by atoms with Gasteiger partial charge in [-0.25, -0.2) is 21.6 Å². The number of ether oxygens (including phenoxy) is 5. The van der Waals surface area contributed by atoms with Gasteiger partial charge >= 0.3 is 65.1 Å². The molecule has 7 atom stereocenters. The van der Waals surface area contributed by atoms with E-state index in [9.17, 15) is 35.5 Å². The number of rotatable bonds is 39. The van der Waals surface area contributed by atoms with Gasteiger partial charge < -0.3 is 38.1 Å². The van der Waals surface area contributed by atoms with Crippen LogP contribution in [-0.2, 0) is 57.6 Å². The molecule has 0 radical (unpaired) electrons. The molecule has 1 aromatic rings. The van der Waals surface area contributed by atoms with E-state index in [1.54, 1.807) is 36.4 Å². The number of benzene rings is 1. The van der Waals surface area contributed by atoms with Crippen LogP contribution in [0, 0.1) is 0 Å². The van der Waals surface area contributed by atoms with E-state index in [4.69, 9.17) is 27.9 Å². The number of carbonyl (C=O) groups excluding carboxylic acids is 2. The second-order valence-corrected chi connectivity index (χ2v) is 20.8. The molecule has 0 spiro atoms. The second-order valence-electron chi connectivity index (χ2n) is 18.8. The third-order valence-corrected chi connectivity index (χ3v) is 13.2. The van der Waals surface area contributed by atoms with E-state index < -0.39 is 88.6 Å². The summed E-state index contributed by atoms with van der Waals surface area (Å²) in [6, 6.07) is 7.25. The average Bonchev–Trinajstić information content (AvgIpc) is 3.62. The number of hydrogen-bond acceptors (Lipinski definition) is 15. The number of nitrogens with one attached hydrogen (secondary N) is 1. The fraction of sp³-hybridized carbons (Fsp3) is 0.800. The van der Waals surface area contributed by atoms with Gasteiger partial charge in [0.25, 0.3) is 0 Å². The minimum Gasteiger partial charge on any atom is -0.726 e. The van der Waals surface area contributed by atoms with Crippen LogP contribution in [0.25, 0.3) is 0 Å². The molecule has 0 aromatic heterocycles. The van der Waals surface area contributed by atoms with Crippen LogP contribution in [0.4, 0.5) is 0 Å². The molecular weight excluding hydrogens is 965 g/mol. The largest absolute Gasteiger partial charge is 1.00 e. The Bertz CT molecular complexity index is 1790. The number of unbranched alkanes of at least 4 members (excludes halogenated alkanes) is 23. The van der Waals surface area contributed by atoms with E-state index in [1.165, 1.54) is 110 Å². The van der Waals surface area contributed by atoms with E-state index in [1.807, 2.05) is 6.08 Å². The number of allylic oxidation sites excluding steroid dienone is 1. The Kier molecular flexibility index (Phi) is 36.7. The van der Waals surface area contributed by atoms with Gasteiger partial charge in [0, 0.05) is 6.42 Å². The Morgan fingerprint density at radius 1 is 0.700 bits per heavy atom. The van der Waals surface area contributed by atoms with Crippen LogP contribution in [0.2, 0.25) is 0 Å². The molecule has 2 fully saturated rings. The minimum atomic E-state index is -5.44. The van der Waals surface area contributed by atoms with E-state index in [0.717, 1.165) is 51.4 Å². The van der Waals surface area contributed by atoms with Crippen molar-refractivity contribution in [2.45, 2.75) is 243 Å². The van der Waals surface area contributed by atoms with E-state index in [-0.39, 0.29) is 77.0 Å². The summed E-state index contributed by atoms with van der Waals surface area (Å²) in [5, 5.41) is 2.96. The third kappa shape index (κ3) is 30.1. The van der Waals surface area contributed by atoms with E-state index in [2.05, 4.69) is 23.3 Å². The first-order valence-electron chi connectivity index (χ1n) is 25.6. The molecule has 0 aliphatic carbocycles. The minimum absolute atomic E-state index is 0. The Labute approximate surface area is 465 Å². The van der Waals surface area contributed by atoms with Crippen molar-refractivity contribution < 1.29 is 127 Å². The van der Waals surface area contributed by atoms with Crippen molar-refractivity contribution in [1.29, 1.82) is 0 Å². The zero-order valence-electron chi connectivity index (χ0n) is 43.3. The van der Waals surface area contributed by atoms with Crippen LogP contribution in [0.5, 0.6) is 0 Å². The molecule has 3 rings (SSSR count). The molecule has 2 heterocycles. The molecule has 2 saturated heterocycles. The van der Waals surface area contributed by atoms with Gasteiger partial charge in [-0.3, -0.25) is 13.2 Å². The molecule has 0 unspecified atom stereocenters. The van der Waals surface area contributed by atoms with Crippen molar-refractivity contribution in [3.05, 3.63) is 48.0 Å². The van der Waals surface area contributed by atoms with Gasteiger partial charge in [0.05, 0.1) is 24.8 Å².